The number of thiol groups is 1. The van der Waals surface area contributed by atoms with Gasteiger partial charge in [-0.1, -0.05) is 11.6 Å². The van der Waals surface area contributed by atoms with Crippen molar-refractivity contribution < 1.29 is 9.47 Å². The van der Waals surface area contributed by atoms with Crippen molar-refractivity contribution in [1.82, 2.24) is 0 Å². The average Bonchev–Trinajstić information content (AvgIpc) is 2.28. The fourth-order valence-corrected chi connectivity index (χ4v) is 1.80. The Hall–Kier alpha value is -0.540. The van der Waals surface area contributed by atoms with Crippen LogP contribution in [0.15, 0.2) is 17.0 Å². The summed E-state index contributed by atoms with van der Waals surface area (Å²) in [4.78, 5) is 0.786. The van der Waals surface area contributed by atoms with Gasteiger partial charge in [-0.25, -0.2) is 0 Å². The summed E-state index contributed by atoms with van der Waals surface area (Å²) in [6, 6.07) is 3.56. The van der Waals surface area contributed by atoms with Gasteiger partial charge in [0.2, 0.25) is 0 Å². The highest BCUT2D eigenvalue weighted by Gasteiger charge is 2.14. The summed E-state index contributed by atoms with van der Waals surface area (Å²) in [5.41, 5.74) is 0. The lowest BCUT2D eigenvalue weighted by atomic mass is 10.3. The van der Waals surface area contributed by atoms with Crippen LogP contribution in [-0.4, -0.2) is 13.2 Å². The van der Waals surface area contributed by atoms with Crippen LogP contribution in [0.25, 0.3) is 0 Å². The molecular weight excluding hydrogens is 208 g/mol. The second-order valence-electron chi connectivity index (χ2n) is 2.81. The Labute approximate surface area is 87.2 Å². The Balaban J connectivity index is 2.47. The molecule has 2 rings (SSSR count). The quantitative estimate of drug-likeness (QED) is 0.673. The Morgan fingerprint density at radius 1 is 1.23 bits per heavy atom. The second kappa shape index (κ2) is 3.68. The predicted molar refractivity (Wildman–Crippen MR) is 54.3 cm³/mol. The van der Waals surface area contributed by atoms with E-state index in [0.29, 0.717) is 29.7 Å². The molecule has 0 bridgehead atoms. The van der Waals surface area contributed by atoms with Crippen LogP contribution in [0.5, 0.6) is 11.5 Å². The molecule has 0 saturated heterocycles. The van der Waals surface area contributed by atoms with Crippen LogP contribution in [0, 0.1) is 0 Å². The van der Waals surface area contributed by atoms with Crippen molar-refractivity contribution in [3.05, 3.63) is 17.2 Å². The Kier molecular flexibility index (Phi) is 2.56. The predicted octanol–water partition coefficient (Wildman–Crippen LogP) is 2.79. The molecule has 0 amide bonds. The monoisotopic (exact) mass is 216 g/mol. The van der Waals surface area contributed by atoms with Crippen molar-refractivity contribution in [3.8, 4) is 11.5 Å². The molecule has 1 heterocycles. The van der Waals surface area contributed by atoms with E-state index in [2.05, 4.69) is 12.6 Å². The third kappa shape index (κ3) is 1.86. The van der Waals surface area contributed by atoms with E-state index in [1.807, 2.05) is 6.07 Å². The first-order valence-corrected chi connectivity index (χ1v) is 4.88. The van der Waals surface area contributed by atoms with Crippen LogP contribution in [-0.2, 0) is 0 Å². The summed E-state index contributed by atoms with van der Waals surface area (Å²) in [5.74, 6) is 1.33. The number of ether oxygens (including phenoxy) is 2. The molecule has 2 nitrogen and oxygen atoms in total. The van der Waals surface area contributed by atoms with Crippen LogP contribution < -0.4 is 9.47 Å². The number of rotatable bonds is 0. The number of hydrogen-bond donors (Lipinski definition) is 1. The van der Waals surface area contributed by atoms with Gasteiger partial charge in [-0.2, -0.15) is 0 Å². The van der Waals surface area contributed by atoms with Crippen LogP contribution >= 0.6 is 24.2 Å². The van der Waals surface area contributed by atoms with E-state index < -0.39 is 0 Å². The van der Waals surface area contributed by atoms with Crippen molar-refractivity contribution in [2.24, 2.45) is 0 Å². The molecule has 1 aliphatic heterocycles. The Bertz CT molecular complexity index is 328. The maximum atomic E-state index is 5.97. The lowest BCUT2D eigenvalue weighted by Gasteiger charge is -2.08. The molecule has 1 aromatic carbocycles. The number of benzene rings is 1. The van der Waals surface area contributed by atoms with Crippen molar-refractivity contribution in [2.75, 3.05) is 13.2 Å². The minimum absolute atomic E-state index is 0.560. The highest BCUT2D eigenvalue weighted by molar-refractivity contribution is 7.80. The van der Waals surface area contributed by atoms with Gasteiger partial charge in [0.25, 0.3) is 0 Å². The standard InChI is InChI=1S/C9H9ClO2S/c10-7-4-6(13)5-8-9(7)12-3-1-2-11-8/h4-5,13H,1-3H2. The van der Waals surface area contributed by atoms with E-state index in [4.69, 9.17) is 21.1 Å². The molecule has 0 unspecified atom stereocenters. The zero-order valence-corrected chi connectivity index (χ0v) is 8.57. The topological polar surface area (TPSA) is 18.5 Å². The molecule has 0 fully saturated rings. The molecule has 0 aliphatic carbocycles. The van der Waals surface area contributed by atoms with Gasteiger partial charge in [-0.3, -0.25) is 0 Å². The highest BCUT2D eigenvalue weighted by atomic mass is 35.5. The summed E-state index contributed by atoms with van der Waals surface area (Å²) < 4.78 is 10.9. The lowest BCUT2D eigenvalue weighted by Crippen LogP contribution is -1.97. The first-order chi connectivity index (χ1) is 6.27. The molecule has 0 N–H and O–H groups in total. The first kappa shape index (κ1) is 9.03. The molecule has 0 spiro atoms. The van der Waals surface area contributed by atoms with Gasteiger partial charge < -0.3 is 9.47 Å². The van der Waals surface area contributed by atoms with Gasteiger partial charge in [-0.15, -0.1) is 12.6 Å². The van der Waals surface area contributed by atoms with Crippen LogP contribution in [0.1, 0.15) is 6.42 Å². The lowest BCUT2D eigenvalue weighted by molar-refractivity contribution is 0.297. The van der Waals surface area contributed by atoms with Gasteiger partial charge in [-0.05, 0) is 12.1 Å². The largest absolute Gasteiger partial charge is 0.489 e. The van der Waals surface area contributed by atoms with E-state index in [1.165, 1.54) is 0 Å². The summed E-state index contributed by atoms with van der Waals surface area (Å²) >= 11 is 10.2. The van der Waals surface area contributed by atoms with Crippen molar-refractivity contribution in [1.29, 1.82) is 0 Å². The zero-order chi connectivity index (χ0) is 9.26. The molecule has 4 heteroatoms. The number of halogens is 1. The highest BCUT2D eigenvalue weighted by Crippen LogP contribution is 2.38. The summed E-state index contributed by atoms with van der Waals surface area (Å²) in [6.07, 6.45) is 0.882. The smallest absolute Gasteiger partial charge is 0.179 e. The normalized spacial score (nSPS) is 15.2. The first-order valence-electron chi connectivity index (χ1n) is 4.05. The molecule has 13 heavy (non-hydrogen) atoms. The van der Waals surface area contributed by atoms with Gasteiger partial charge in [0, 0.05) is 11.3 Å². The van der Waals surface area contributed by atoms with Crippen LogP contribution in [0.3, 0.4) is 0 Å². The van der Waals surface area contributed by atoms with E-state index in [1.54, 1.807) is 6.07 Å². The number of hydrogen-bond acceptors (Lipinski definition) is 3. The molecule has 1 aliphatic rings. The molecule has 0 atom stereocenters. The fourth-order valence-electron chi connectivity index (χ4n) is 1.22. The molecule has 0 saturated carbocycles. The molecule has 0 radical (unpaired) electrons. The van der Waals surface area contributed by atoms with Crippen molar-refractivity contribution in [2.45, 2.75) is 11.3 Å². The SMILES string of the molecule is Sc1cc(Cl)c2c(c1)OCCCO2. The van der Waals surface area contributed by atoms with E-state index in [-0.39, 0.29) is 0 Å². The molecule has 70 valence electrons. The minimum Gasteiger partial charge on any atom is -0.489 e. The third-order valence-electron chi connectivity index (χ3n) is 1.79. The molecule has 0 aromatic heterocycles. The van der Waals surface area contributed by atoms with Gasteiger partial charge in [0.1, 0.15) is 0 Å². The summed E-state index contributed by atoms with van der Waals surface area (Å²) in [5, 5.41) is 0.560. The van der Waals surface area contributed by atoms with E-state index in [9.17, 15) is 0 Å². The van der Waals surface area contributed by atoms with Gasteiger partial charge >= 0.3 is 0 Å². The maximum absolute atomic E-state index is 5.97. The summed E-state index contributed by atoms with van der Waals surface area (Å²) in [6.45, 7) is 1.32. The molecule has 1 aromatic rings. The minimum atomic E-state index is 0.560. The maximum Gasteiger partial charge on any atom is 0.179 e. The van der Waals surface area contributed by atoms with Crippen molar-refractivity contribution in [3.63, 3.8) is 0 Å². The Morgan fingerprint density at radius 3 is 2.85 bits per heavy atom. The third-order valence-corrected chi connectivity index (χ3v) is 2.33. The fraction of sp³-hybridized carbons (Fsp3) is 0.333. The average molecular weight is 217 g/mol. The molecular formula is C9H9ClO2S. The van der Waals surface area contributed by atoms with Crippen LogP contribution in [0.4, 0.5) is 0 Å². The van der Waals surface area contributed by atoms with Crippen molar-refractivity contribution >= 4 is 24.2 Å². The van der Waals surface area contributed by atoms with Gasteiger partial charge in [0.05, 0.1) is 18.2 Å². The number of fused-ring (bicyclic) bond motifs is 1. The summed E-state index contributed by atoms with van der Waals surface area (Å²) in [7, 11) is 0. The van der Waals surface area contributed by atoms with Crippen LogP contribution in [0.2, 0.25) is 5.02 Å². The van der Waals surface area contributed by atoms with Gasteiger partial charge in [0.15, 0.2) is 11.5 Å². The zero-order valence-electron chi connectivity index (χ0n) is 6.92. The van der Waals surface area contributed by atoms with E-state index >= 15 is 0 Å². The Morgan fingerprint density at radius 2 is 2.00 bits per heavy atom. The second-order valence-corrected chi connectivity index (χ2v) is 3.73. The van der Waals surface area contributed by atoms with E-state index in [0.717, 1.165) is 11.3 Å².